The lowest BCUT2D eigenvalue weighted by molar-refractivity contribution is 0.259. The van der Waals surface area contributed by atoms with Gasteiger partial charge in [0, 0.05) is 24.7 Å². The number of nitrogens with two attached hydrogens (primary N) is 1. The predicted molar refractivity (Wildman–Crippen MR) is 104 cm³/mol. The van der Waals surface area contributed by atoms with Crippen molar-refractivity contribution in [2.24, 2.45) is 10.7 Å². The average Bonchev–Trinajstić information content (AvgIpc) is 3.06. The molecule has 1 saturated heterocycles. The van der Waals surface area contributed by atoms with Crippen LogP contribution in [0.2, 0.25) is 0 Å². The molecule has 25 heavy (non-hydrogen) atoms. The number of ether oxygens (including phenoxy) is 1. The van der Waals surface area contributed by atoms with Gasteiger partial charge in [0.05, 0.1) is 6.54 Å². The largest absolute Gasteiger partial charge is 0.492 e. The third-order valence-corrected chi connectivity index (χ3v) is 4.61. The Kier molecular flexibility index (Phi) is 8.01. The monoisotopic (exact) mass is 347 g/mol. The van der Waals surface area contributed by atoms with Crippen LogP contribution in [0.25, 0.3) is 0 Å². The summed E-state index contributed by atoms with van der Waals surface area (Å²) in [6, 6.07) is 8.59. The molecule has 0 saturated carbocycles. The number of guanidine groups is 1. The van der Waals surface area contributed by atoms with Crippen LogP contribution in [0.5, 0.6) is 5.75 Å². The Morgan fingerprint density at radius 1 is 1.40 bits per heavy atom. The molecular weight excluding hydrogens is 314 g/mol. The SMILES string of the molecule is CCN1CCCC1CNC(N)=NCc1ccccc1OCCN(C)C. The van der Waals surface area contributed by atoms with Crippen LogP contribution < -0.4 is 15.8 Å². The summed E-state index contributed by atoms with van der Waals surface area (Å²) in [5.74, 6) is 1.39. The molecule has 1 fully saturated rings. The van der Waals surface area contributed by atoms with Crippen molar-refractivity contribution in [2.45, 2.75) is 32.4 Å². The molecule has 0 amide bonds. The van der Waals surface area contributed by atoms with Gasteiger partial charge < -0.3 is 20.7 Å². The van der Waals surface area contributed by atoms with Crippen molar-refractivity contribution in [1.82, 2.24) is 15.1 Å². The van der Waals surface area contributed by atoms with E-state index in [9.17, 15) is 0 Å². The van der Waals surface area contributed by atoms with Crippen LogP contribution in [0, 0.1) is 0 Å². The minimum absolute atomic E-state index is 0.506. The number of nitrogens with zero attached hydrogens (tertiary/aromatic N) is 3. The Labute approximate surface area is 152 Å². The number of nitrogens with one attached hydrogen (secondary N) is 1. The molecule has 2 rings (SSSR count). The van der Waals surface area contributed by atoms with E-state index >= 15 is 0 Å². The quantitative estimate of drug-likeness (QED) is 0.524. The van der Waals surface area contributed by atoms with Gasteiger partial charge in [-0.3, -0.25) is 4.90 Å². The first-order valence-electron chi connectivity index (χ1n) is 9.23. The van der Waals surface area contributed by atoms with E-state index in [4.69, 9.17) is 10.5 Å². The maximum Gasteiger partial charge on any atom is 0.188 e. The highest BCUT2D eigenvalue weighted by atomic mass is 16.5. The minimum atomic E-state index is 0.506. The van der Waals surface area contributed by atoms with Gasteiger partial charge in [0.2, 0.25) is 0 Å². The molecule has 6 nitrogen and oxygen atoms in total. The van der Waals surface area contributed by atoms with E-state index in [1.165, 1.54) is 19.4 Å². The number of aliphatic imine (C=N–C) groups is 1. The van der Waals surface area contributed by atoms with Gasteiger partial charge in [-0.1, -0.05) is 25.1 Å². The van der Waals surface area contributed by atoms with Gasteiger partial charge in [0.1, 0.15) is 12.4 Å². The third kappa shape index (κ3) is 6.55. The Morgan fingerprint density at radius 2 is 2.20 bits per heavy atom. The molecule has 0 aromatic heterocycles. The predicted octanol–water partition coefficient (Wildman–Crippen LogP) is 1.52. The molecule has 0 aliphatic carbocycles. The van der Waals surface area contributed by atoms with Crippen molar-refractivity contribution >= 4 is 5.96 Å². The van der Waals surface area contributed by atoms with E-state index in [0.717, 1.165) is 30.9 Å². The van der Waals surface area contributed by atoms with Gasteiger partial charge in [-0.2, -0.15) is 0 Å². The number of para-hydroxylation sites is 1. The molecule has 1 aromatic carbocycles. The minimum Gasteiger partial charge on any atom is -0.492 e. The van der Waals surface area contributed by atoms with E-state index in [1.807, 2.05) is 38.4 Å². The van der Waals surface area contributed by atoms with Gasteiger partial charge >= 0.3 is 0 Å². The van der Waals surface area contributed by atoms with Crippen molar-refractivity contribution < 1.29 is 4.74 Å². The van der Waals surface area contributed by atoms with Crippen LogP contribution in [0.3, 0.4) is 0 Å². The van der Waals surface area contributed by atoms with Gasteiger partial charge in [-0.15, -0.1) is 0 Å². The second kappa shape index (κ2) is 10.3. The highest BCUT2D eigenvalue weighted by Gasteiger charge is 2.22. The van der Waals surface area contributed by atoms with Crippen LogP contribution in [-0.4, -0.2) is 68.7 Å². The molecule has 0 bridgehead atoms. The molecule has 1 atom stereocenters. The zero-order valence-electron chi connectivity index (χ0n) is 15.9. The van der Waals surface area contributed by atoms with Crippen molar-refractivity contribution in [1.29, 1.82) is 0 Å². The van der Waals surface area contributed by atoms with E-state index in [2.05, 4.69) is 27.0 Å². The first-order valence-corrected chi connectivity index (χ1v) is 9.23. The lowest BCUT2D eigenvalue weighted by Crippen LogP contribution is -2.42. The summed E-state index contributed by atoms with van der Waals surface area (Å²) in [6.45, 7) is 7.44. The number of benzene rings is 1. The van der Waals surface area contributed by atoms with E-state index in [-0.39, 0.29) is 0 Å². The molecule has 3 N–H and O–H groups in total. The standard InChI is InChI=1S/C19H33N5O/c1-4-24-11-7-9-17(24)15-22-19(20)21-14-16-8-5-6-10-18(16)25-13-12-23(2)3/h5-6,8,10,17H,4,7,9,11-15H2,1-3H3,(H3,20,21,22). The third-order valence-electron chi connectivity index (χ3n) is 4.61. The maximum atomic E-state index is 6.05. The summed E-state index contributed by atoms with van der Waals surface area (Å²) in [5.41, 5.74) is 7.11. The topological polar surface area (TPSA) is 66.1 Å². The van der Waals surface area contributed by atoms with Gasteiger partial charge in [0.15, 0.2) is 5.96 Å². The van der Waals surface area contributed by atoms with Crippen LogP contribution >= 0.6 is 0 Å². The lowest BCUT2D eigenvalue weighted by atomic mass is 10.2. The highest BCUT2D eigenvalue weighted by molar-refractivity contribution is 5.77. The van der Waals surface area contributed by atoms with Crippen LogP contribution in [0.15, 0.2) is 29.3 Å². The molecule has 1 aliphatic heterocycles. The normalized spacial score (nSPS) is 18.7. The van der Waals surface area contributed by atoms with Gasteiger partial charge in [-0.25, -0.2) is 4.99 Å². The number of hydrogen-bond donors (Lipinski definition) is 2. The first kappa shape index (κ1) is 19.5. The molecule has 6 heteroatoms. The molecular formula is C19H33N5O. The van der Waals surface area contributed by atoms with Crippen molar-refractivity contribution in [3.05, 3.63) is 29.8 Å². The summed E-state index contributed by atoms with van der Waals surface area (Å²) in [5, 5.41) is 3.28. The average molecular weight is 348 g/mol. The van der Waals surface area contributed by atoms with Crippen molar-refractivity contribution in [3.63, 3.8) is 0 Å². The molecule has 140 valence electrons. The summed E-state index contributed by atoms with van der Waals surface area (Å²) in [6.07, 6.45) is 2.51. The fraction of sp³-hybridized carbons (Fsp3) is 0.632. The Bertz CT molecular complexity index is 546. The second-order valence-electron chi connectivity index (χ2n) is 6.77. The van der Waals surface area contributed by atoms with Crippen molar-refractivity contribution in [2.75, 3.05) is 46.9 Å². The number of hydrogen-bond acceptors (Lipinski definition) is 4. The Morgan fingerprint density at radius 3 is 2.96 bits per heavy atom. The summed E-state index contributed by atoms with van der Waals surface area (Å²) in [7, 11) is 4.08. The lowest BCUT2D eigenvalue weighted by Gasteiger charge is -2.23. The van der Waals surface area contributed by atoms with Crippen LogP contribution in [0.1, 0.15) is 25.3 Å². The fourth-order valence-corrected chi connectivity index (χ4v) is 3.10. The first-order chi connectivity index (χ1) is 12.1. The summed E-state index contributed by atoms with van der Waals surface area (Å²) in [4.78, 5) is 9.08. The number of likely N-dealkylation sites (N-methyl/N-ethyl adjacent to an activating group) is 2. The molecule has 1 heterocycles. The molecule has 1 aromatic rings. The molecule has 1 unspecified atom stereocenters. The van der Waals surface area contributed by atoms with Crippen molar-refractivity contribution in [3.8, 4) is 5.75 Å². The number of likely N-dealkylation sites (tertiary alicyclic amines) is 1. The second-order valence-corrected chi connectivity index (χ2v) is 6.77. The fourth-order valence-electron chi connectivity index (χ4n) is 3.10. The van der Waals surface area contributed by atoms with Crippen LogP contribution in [0.4, 0.5) is 0 Å². The zero-order chi connectivity index (χ0) is 18.1. The summed E-state index contributed by atoms with van der Waals surface area (Å²) >= 11 is 0. The van der Waals surface area contributed by atoms with E-state index in [0.29, 0.717) is 25.2 Å². The van der Waals surface area contributed by atoms with Gasteiger partial charge in [0.25, 0.3) is 0 Å². The maximum absolute atomic E-state index is 6.05. The number of rotatable bonds is 9. The van der Waals surface area contributed by atoms with Gasteiger partial charge in [-0.05, 0) is 46.1 Å². The molecule has 0 spiro atoms. The summed E-state index contributed by atoms with van der Waals surface area (Å²) < 4.78 is 5.87. The van der Waals surface area contributed by atoms with Crippen LogP contribution in [-0.2, 0) is 6.54 Å². The van der Waals surface area contributed by atoms with E-state index < -0.39 is 0 Å². The molecule has 1 aliphatic rings. The highest BCUT2D eigenvalue weighted by Crippen LogP contribution is 2.19. The Hall–Kier alpha value is -1.79. The van der Waals surface area contributed by atoms with E-state index in [1.54, 1.807) is 0 Å². The smallest absolute Gasteiger partial charge is 0.188 e. The zero-order valence-corrected chi connectivity index (χ0v) is 15.9. The Balaban J connectivity index is 1.83. The molecule has 0 radical (unpaired) electrons.